The summed E-state index contributed by atoms with van der Waals surface area (Å²) in [7, 11) is 1.98. The quantitative estimate of drug-likeness (QED) is 0.198. The van der Waals surface area contributed by atoms with Gasteiger partial charge < -0.3 is 11.1 Å². The Morgan fingerprint density at radius 1 is 0.583 bits per heavy atom. The van der Waals surface area contributed by atoms with Crippen molar-refractivity contribution >= 4 is 0 Å². The zero-order valence-corrected chi connectivity index (χ0v) is 17.3. The topological polar surface area (TPSA) is 38.0 Å². The first-order chi connectivity index (χ1) is 11.7. The maximum Gasteiger partial charge on any atom is 0.0656 e. The summed E-state index contributed by atoms with van der Waals surface area (Å²) in [4.78, 5) is 0. The fourth-order valence-electron chi connectivity index (χ4n) is 3.47. The van der Waals surface area contributed by atoms with E-state index in [9.17, 15) is 0 Å². The average Bonchev–Trinajstić information content (AvgIpc) is 2.61. The lowest BCUT2D eigenvalue weighted by atomic mass is 9.98. The Kier molecular flexibility index (Phi) is 17.7. The Balaban J connectivity index is 3.13. The maximum atomic E-state index is 6.25. The average molecular weight is 341 g/mol. The van der Waals surface area contributed by atoms with Crippen molar-refractivity contribution in [2.75, 3.05) is 7.05 Å². The summed E-state index contributed by atoms with van der Waals surface area (Å²) in [6, 6.07) is 0. The maximum absolute atomic E-state index is 6.25. The zero-order chi connectivity index (χ0) is 17.9. The molecule has 0 amide bonds. The third-order valence-electron chi connectivity index (χ3n) is 5.61. The minimum atomic E-state index is -0.129. The fourth-order valence-corrected chi connectivity index (χ4v) is 3.47. The van der Waals surface area contributed by atoms with Crippen LogP contribution in [0.25, 0.3) is 0 Å². The highest BCUT2D eigenvalue weighted by Gasteiger charge is 2.18. The molecule has 0 heterocycles. The Bertz CT molecular complexity index is 236. The van der Waals surface area contributed by atoms with E-state index in [0.29, 0.717) is 0 Å². The molecule has 0 aromatic heterocycles. The highest BCUT2D eigenvalue weighted by molar-refractivity contribution is 4.77. The van der Waals surface area contributed by atoms with Crippen LogP contribution in [0.15, 0.2) is 0 Å². The fraction of sp³-hybridized carbons (Fsp3) is 1.00. The van der Waals surface area contributed by atoms with Crippen molar-refractivity contribution in [3.8, 4) is 0 Å². The predicted molar refractivity (Wildman–Crippen MR) is 110 cm³/mol. The van der Waals surface area contributed by atoms with Crippen LogP contribution in [0.2, 0.25) is 0 Å². The molecule has 0 aliphatic heterocycles. The van der Waals surface area contributed by atoms with Crippen molar-refractivity contribution in [3.63, 3.8) is 0 Å². The molecule has 1 atom stereocenters. The van der Waals surface area contributed by atoms with Crippen molar-refractivity contribution in [2.45, 2.75) is 135 Å². The van der Waals surface area contributed by atoms with E-state index >= 15 is 0 Å². The van der Waals surface area contributed by atoms with Crippen molar-refractivity contribution < 1.29 is 0 Å². The van der Waals surface area contributed by atoms with Gasteiger partial charge in [0, 0.05) is 0 Å². The Hall–Kier alpha value is -0.0800. The van der Waals surface area contributed by atoms with Gasteiger partial charge in [-0.25, -0.2) is 0 Å². The minimum Gasteiger partial charge on any atom is -0.313 e. The third kappa shape index (κ3) is 15.4. The second-order valence-corrected chi connectivity index (χ2v) is 7.81. The summed E-state index contributed by atoms with van der Waals surface area (Å²) in [5.41, 5.74) is 6.12. The Morgan fingerprint density at radius 3 is 1.21 bits per heavy atom. The predicted octanol–water partition coefficient (Wildman–Crippen LogP) is 6.92. The molecule has 0 spiro atoms. The van der Waals surface area contributed by atoms with E-state index in [2.05, 4.69) is 19.2 Å². The summed E-state index contributed by atoms with van der Waals surface area (Å²) in [5.74, 6) is 0. The third-order valence-corrected chi connectivity index (χ3v) is 5.61. The number of hydrogen-bond donors (Lipinski definition) is 2. The highest BCUT2D eigenvalue weighted by atomic mass is 15.1. The number of hydrogen-bond acceptors (Lipinski definition) is 2. The first kappa shape index (κ1) is 23.9. The molecule has 0 aliphatic carbocycles. The second kappa shape index (κ2) is 17.7. The zero-order valence-electron chi connectivity index (χ0n) is 17.3. The molecule has 0 aromatic rings. The first-order valence-electron chi connectivity index (χ1n) is 11.2. The summed E-state index contributed by atoms with van der Waals surface area (Å²) in [6.07, 6.45) is 24.9. The molecule has 0 saturated heterocycles. The number of rotatable bonds is 19. The SMILES string of the molecule is CCCCCCCCCCCCCCCCCCC(N)(CC)NC. The van der Waals surface area contributed by atoms with Gasteiger partial charge in [0.2, 0.25) is 0 Å². The largest absolute Gasteiger partial charge is 0.313 e. The molecule has 0 radical (unpaired) electrons. The van der Waals surface area contributed by atoms with Gasteiger partial charge in [0.1, 0.15) is 0 Å². The number of unbranched alkanes of at least 4 members (excludes halogenated alkanes) is 15. The first-order valence-corrected chi connectivity index (χ1v) is 11.2. The van der Waals surface area contributed by atoms with Crippen LogP contribution in [-0.2, 0) is 0 Å². The van der Waals surface area contributed by atoms with Gasteiger partial charge in [0.05, 0.1) is 5.66 Å². The molecule has 2 nitrogen and oxygen atoms in total. The van der Waals surface area contributed by atoms with Gasteiger partial charge in [-0.1, -0.05) is 117 Å². The van der Waals surface area contributed by atoms with Crippen LogP contribution in [0, 0.1) is 0 Å². The monoisotopic (exact) mass is 340 g/mol. The van der Waals surface area contributed by atoms with E-state index in [1.807, 2.05) is 7.05 Å². The van der Waals surface area contributed by atoms with Crippen LogP contribution >= 0.6 is 0 Å². The smallest absolute Gasteiger partial charge is 0.0656 e. The van der Waals surface area contributed by atoms with Gasteiger partial charge in [0.15, 0.2) is 0 Å². The van der Waals surface area contributed by atoms with E-state index < -0.39 is 0 Å². The Labute approximate surface area is 153 Å². The van der Waals surface area contributed by atoms with E-state index in [0.717, 1.165) is 12.8 Å². The van der Waals surface area contributed by atoms with Crippen LogP contribution in [0.4, 0.5) is 0 Å². The molecule has 0 fully saturated rings. The summed E-state index contributed by atoms with van der Waals surface area (Å²) in [6.45, 7) is 4.46. The molecule has 0 bridgehead atoms. The standard InChI is InChI=1S/C22H48N2/c1-4-6-7-8-9-10-11-12-13-14-15-16-17-18-19-20-21-22(23,5-2)24-3/h24H,4-21,23H2,1-3H3. The van der Waals surface area contributed by atoms with Gasteiger partial charge in [-0.3, -0.25) is 0 Å². The van der Waals surface area contributed by atoms with Crippen molar-refractivity contribution in [3.05, 3.63) is 0 Å². The van der Waals surface area contributed by atoms with Crippen LogP contribution in [0.3, 0.4) is 0 Å². The van der Waals surface area contributed by atoms with Crippen LogP contribution in [-0.4, -0.2) is 12.7 Å². The molecule has 0 aromatic carbocycles. The Morgan fingerprint density at radius 2 is 0.917 bits per heavy atom. The lowest BCUT2D eigenvalue weighted by Gasteiger charge is -2.27. The lowest BCUT2D eigenvalue weighted by molar-refractivity contribution is 0.311. The summed E-state index contributed by atoms with van der Waals surface area (Å²) >= 11 is 0. The summed E-state index contributed by atoms with van der Waals surface area (Å²) < 4.78 is 0. The molecule has 1 unspecified atom stereocenters. The molecule has 0 rings (SSSR count). The molecule has 24 heavy (non-hydrogen) atoms. The molecule has 2 heteroatoms. The normalized spacial score (nSPS) is 14.0. The van der Waals surface area contributed by atoms with Gasteiger partial charge in [0.25, 0.3) is 0 Å². The second-order valence-electron chi connectivity index (χ2n) is 7.81. The number of nitrogens with one attached hydrogen (secondary N) is 1. The van der Waals surface area contributed by atoms with E-state index in [4.69, 9.17) is 5.73 Å². The van der Waals surface area contributed by atoms with Gasteiger partial charge in [-0.05, 0) is 19.9 Å². The van der Waals surface area contributed by atoms with E-state index in [1.165, 1.54) is 103 Å². The van der Waals surface area contributed by atoms with Crippen LogP contribution < -0.4 is 11.1 Å². The lowest BCUT2D eigenvalue weighted by Crippen LogP contribution is -2.51. The minimum absolute atomic E-state index is 0.129. The van der Waals surface area contributed by atoms with E-state index in [-0.39, 0.29) is 5.66 Å². The van der Waals surface area contributed by atoms with Gasteiger partial charge in [-0.15, -0.1) is 0 Å². The molecule has 0 aliphatic rings. The molecular weight excluding hydrogens is 292 g/mol. The van der Waals surface area contributed by atoms with Crippen molar-refractivity contribution in [1.29, 1.82) is 0 Å². The van der Waals surface area contributed by atoms with Gasteiger partial charge in [-0.2, -0.15) is 0 Å². The van der Waals surface area contributed by atoms with Gasteiger partial charge >= 0.3 is 0 Å². The number of nitrogens with two attached hydrogens (primary N) is 1. The molecular formula is C22H48N2. The molecule has 0 saturated carbocycles. The molecule has 146 valence electrons. The highest BCUT2D eigenvalue weighted by Crippen LogP contribution is 2.16. The van der Waals surface area contributed by atoms with Crippen LogP contribution in [0.5, 0.6) is 0 Å². The van der Waals surface area contributed by atoms with Crippen molar-refractivity contribution in [1.82, 2.24) is 5.32 Å². The molecule has 3 N–H and O–H groups in total. The van der Waals surface area contributed by atoms with Crippen LogP contribution in [0.1, 0.15) is 129 Å². The van der Waals surface area contributed by atoms with Crippen molar-refractivity contribution in [2.24, 2.45) is 5.73 Å². The van der Waals surface area contributed by atoms with E-state index in [1.54, 1.807) is 0 Å². The summed E-state index contributed by atoms with van der Waals surface area (Å²) in [5, 5.41) is 3.26.